The molecule has 0 bridgehead atoms. The number of thiazole rings is 1. The number of sulfone groups is 1. The fourth-order valence-electron chi connectivity index (χ4n) is 1.69. The summed E-state index contributed by atoms with van der Waals surface area (Å²) in [6.45, 7) is 0.506. The Hall–Kier alpha value is -1.38. The van der Waals surface area contributed by atoms with Crippen LogP contribution in [0.15, 0.2) is 51.8 Å². The van der Waals surface area contributed by atoms with Crippen molar-refractivity contribution in [2.24, 2.45) is 10.7 Å². The van der Waals surface area contributed by atoms with Gasteiger partial charge in [0.15, 0.2) is 9.84 Å². The number of benzene rings is 1. The van der Waals surface area contributed by atoms with Gasteiger partial charge < -0.3 is 5.73 Å². The Morgan fingerprint density at radius 3 is 2.77 bits per heavy atom. The molecule has 1 aromatic carbocycles. The number of nitrogens with zero attached hydrogens (tertiary/aromatic N) is 2. The van der Waals surface area contributed by atoms with E-state index in [1.807, 2.05) is 5.38 Å². The van der Waals surface area contributed by atoms with Crippen molar-refractivity contribution in [3.05, 3.63) is 46.9 Å². The molecule has 2 N–H and O–H groups in total. The summed E-state index contributed by atoms with van der Waals surface area (Å²) in [5, 5.41) is 3.02. The van der Waals surface area contributed by atoms with E-state index >= 15 is 0 Å². The van der Waals surface area contributed by atoms with E-state index in [0.717, 1.165) is 16.5 Å². The molecule has 0 amide bonds. The quantitative estimate of drug-likeness (QED) is 0.446. The first-order chi connectivity index (χ1) is 10.6. The Labute approximate surface area is 138 Å². The van der Waals surface area contributed by atoms with Crippen LogP contribution in [0, 0.1) is 0 Å². The van der Waals surface area contributed by atoms with Gasteiger partial charge in [-0.3, -0.25) is 4.99 Å². The summed E-state index contributed by atoms with van der Waals surface area (Å²) in [4.78, 5) is 8.59. The van der Waals surface area contributed by atoms with Crippen LogP contribution in [0.25, 0.3) is 0 Å². The SMILES string of the molecule is NC(CS(=O)(=O)c1ccccc1)=NCCSCc1nccs1. The van der Waals surface area contributed by atoms with Crippen LogP contribution < -0.4 is 5.73 Å². The molecule has 0 aliphatic carbocycles. The molecule has 0 aliphatic heterocycles. The number of aliphatic imine (C=N–C) groups is 1. The smallest absolute Gasteiger partial charge is 0.185 e. The lowest BCUT2D eigenvalue weighted by atomic mass is 10.4. The van der Waals surface area contributed by atoms with Crippen molar-refractivity contribution in [2.45, 2.75) is 10.6 Å². The largest absolute Gasteiger partial charge is 0.387 e. The van der Waals surface area contributed by atoms with Gasteiger partial charge in [-0.2, -0.15) is 11.8 Å². The molecule has 8 heteroatoms. The van der Waals surface area contributed by atoms with Gasteiger partial charge in [0.2, 0.25) is 0 Å². The minimum Gasteiger partial charge on any atom is -0.387 e. The van der Waals surface area contributed by atoms with Crippen molar-refractivity contribution in [3.8, 4) is 0 Å². The molecule has 0 saturated heterocycles. The minimum atomic E-state index is -3.41. The van der Waals surface area contributed by atoms with E-state index in [2.05, 4.69) is 9.98 Å². The molecule has 0 unspecified atom stereocenters. The zero-order valence-corrected chi connectivity index (χ0v) is 14.3. The number of aromatic nitrogens is 1. The Bertz CT molecular complexity index is 698. The third kappa shape index (κ3) is 5.43. The summed E-state index contributed by atoms with van der Waals surface area (Å²) in [6.07, 6.45) is 1.78. The van der Waals surface area contributed by atoms with Crippen LogP contribution in [0.1, 0.15) is 5.01 Å². The molecule has 0 saturated carbocycles. The van der Waals surface area contributed by atoms with Crippen molar-refractivity contribution in [3.63, 3.8) is 0 Å². The monoisotopic (exact) mass is 355 g/mol. The van der Waals surface area contributed by atoms with Crippen molar-refractivity contribution < 1.29 is 8.42 Å². The maximum atomic E-state index is 12.1. The number of hydrogen-bond donors (Lipinski definition) is 1. The number of thioether (sulfide) groups is 1. The average molecular weight is 356 g/mol. The van der Waals surface area contributed by atoms with Gasteiger partial charge in [0.05, 0.1) is 11.4 Å². The number of amidine groups is 1. The molecule has 0 radical (unpaired) electrons. The summed E-state index contributed by atoms with van der Waals surface area (Å²) < 4.78 is 24.2. The summed E-state index contributed by atoms with van der Waals surface area (Å²) in [7, 11) is -3.41. The predicted octanol–water partition coefficient (Wildman–Crippen LogP) is 2.21. The second-order valence-electron chi connectivity index (χ2n) is 4.42. The topological polar surface area (TPSA) is 85.4 Å². The molecular weight excluding hydrogens is 338 g/mol. The maximum Gasteiger partial charge on any atom is 0.185 e. The van der Waals surface area contributed by atoms with E-state index < -0.39 is 9.84 Å². The standard InChI is InChI=1S/C14H17N3O2S3/c15-13(11-22(18,19)12-4-2-1-3-5-12)16-6-8-20-10-14-17-7-9-21-14/h1-5,7,9H,6,8,10-11H2,(H2,15,16). The fourth-order valence-corrected chi connectivity index (χ4v) is 4.44. The van der Waals surface area contributed by atoms with Crippen LogP contribution in [0.3, 0.4) is 0 Å². The van der Waals surface area contributed by atoms with Crippen molar-refractivity contribution in [1.29, 1.82) is 0 Å². The fraction of sp³-hybridized carbons (Fsp3) is 0.286. The van der Waals surface area contributed by atoms with Gasteiger partial charge in [-0.05, 0) is 12.1 Å². The van der Waals surface area contributed by atoms with Crippen LogP contribution in [-0.2, 0) is 15.6 Å². The van der Waals surface area contributed by atoms with Gasteiger partial charge in [0, 0.05) is 23.1 Å². The Kier molecular flexibility index (Phi) is 6.41. The molecule has 22 heavy (non-hydrogen) atoms. The third-order valence-electron chi connectivity index (χ3n) is 2.70. The molecular formula is C14H17N3O2S3. The summed E-state index contributed by atoms with van der Waals surface area (Å²) in [5.41, 5.74) is 5.73. The van der Waals surface area contributed by atoms with E-state index in [1.165, 1.54) is 0 Å². The van der Waals surface area contributed by atoms with Crippen molar-refractivity contribution in [1.82, 2.24) is 4.98 Å². The Morgan fingerprint density at radius 1 is 1.32 bits per heavy atom. The molecule has 0 fully saturated rings. The summed E-state index contributed by atoms with van der Waals surface area (Å²) in [6, 6.07) is 8.28. The zero-order chi connectivity index (χ0) is 15.8. The molecule has 5 nitrogen and oxygen atoms in total. The Morgan fingerprint density at radius 2 is 2.09 bits per heavy atom. The van der Waals surface area contributed by atoms with E-state index in [0.29, 0.717) is 6.54 Å². The van der Waals surface area contributed by atoms with Crippen LogP contribution >= 0.6 is 23.1 Å². The molecule has 2 rings (SSSR count). The zero-order valence-electron chi connectivity index (χ0n) is 11.9. The van der Waals surface area contributed by atoms with E-state index in [1.54, 1.807) is 59.6 Å². The van der Waals surface area contributed by atoms with Gasteiger partial charge in [-0.1, -0.05) is 18.2 Å². The first-order valence-corrected chi connectivity index (χ1v) is 10.3. The normalized spacial score (nSPS) is 12.5. The van der Waals surface area contributed by atoms with Crippen LogP contribution in [0.4, 0.5) is 0 Å². The van der Waals surface area contributed by atoms with E-state index in [9.17, 15) is 8.42 Å². The maximum absolute atomic E-state index is 12.1. The lowest BCUT2D eigenvalue weighted by molar-refractivity contribution is 0.599. The third-order valence-corrected chi connectivity index (χ3v) is 6.28. The first kappa shape index (κ1) is 17.0. The minimum absolute atomic E-state index is 0.152. The van der Waals surface area contributed by atoms with Crippen molar-refractivity contribution >= 4 is 38.8 Å². The van der Waals surface area contributed by atoms with Crippen LogP contribution in [0.5, 0.6) is 0 Å². The molecule has 0 spiro atoms. The van der Waals surface area contributed by atoms with Crippen LogP contribution in [-0.4, -0.2) is 37.3 Å². The molecule has 118 valence electrons. The van der Waals surface area contributed by atoms with E-state index in [-0.39, 0.29) is 16.5 Å². The summed E-state index contributed by atoms with van der Waals surface area (Å²) in [5.74, 6) is 1.54. The lowest BCUT2D eigenvalue weighted by Gasteiger charge is -2.04. The van der Waals surface area contributed by atoms with Gasteiger partial charge in [0.25, 0.3) is 0 Å². The molecule has 0 atom stereocenters. The van der Waals surface area contributed by atoms with Gasteiger partial charge in [-0.15, -0.1) is 11.3 Å². The first-order valence-electron chi connectivity index (χ1n) is 6.60. The van der Waals surface area contributed by atoms with Gasteiger partial charge in [0.1, 0.15) is 16.6 Å². The molecule has 0 aliphatic rings. The van der Waals surface area contributed by atoms with Gasteiger partial charge in [-0.25, -0.2) is 13.4 Å². The number of hydrogen-bond acceptors (Lipinski definition) is 6. The predicted molar refractivity (Wildman–Crippen MR) is 93.3 cm³/mol. The second kappa shape index (κ2) is 8.30. The van der Waals surface area contributed by atoms with Crippen LogP contribution in [0.2, 0.25) is 0 Å². The van der Waals surface area contributed by atoms with Gasteiger partial charge >= 0.3 is 0 Å². The Balaban J connectivity index is 1.77. The summed E-state index contributed by atoms with van der Waals surface area (Å²) >= 11 is 3.32. The highest BCUT2D eigenvalue weighted by Gasteiger charge is 2.15. The highest BCUT2D eigenvalue weighted by molar-refractivity contribution is 7.98. The molecule has 1 heterocycles. The molecule has 1 aromatic heterocycles. The van der Waals surface area contributed by atoms with E-state index in [4.69, 9.17) is 5.73 Å². The molecule has 2 aromatic rings. The lowest BCUT2D eigenvalue weighted by Crippen LogP contribution is -2.24. The average Bonchev–Trinajstić information content (AvgIpc) is 3.00. The second-order valence-corrected chi connectivity index (χ2v) is 8.50. The highest BCUT2D eigenvalue weighted by atomic mass is 32.2. The number of rotatable bonds is 8. The van der Waals surface area contributed by atoms with Crippen molar-refractivity contribution in [2.75, 3.05) is 18.1 Å². The number of nitrogens with two attached hydrogens (primary N) is 1. The highest BCUT2D eigenvalue weighted by Crippen LogP contribution is 2.14.